The summed E-state index contributed by atoms with van der Waals surface area (Å²) in [5, 5.41) is 2.65. The molecule has 5 nitrogen and oxygen atoms in total. The number of halogens is 1. The molecule has 0 heterocycles. The van der Waals surface area contributed by atoms with Gasteiger partial charge in [0.05, 0.1) is 12.6 Å². The van der Waals surface area contributed by atoms with Gasteiger partial charge in [0.15, 0.2) is 0 Å². The molecule has 136 valence electrons. The second-order valence-electron chi connectivity index (χ2n) is 6.64. The van der Waals surface area contributed by atoms with E-state index in [1.807, 2.05) is 44.2 Å². The zero-order chi connectivity index (χ0) is 17.4. The number of nitrogens with one attached hydrogen (secondary N) is 1. The fraction of sp³-hybridized carbons (Fsp3) is 0.556. The maximum Gasteiger partial charge on any atom is 0.242 e. The number of benzene rings is 1. The predicted molar refractivity (Wildman–Crippen MR) is 99.8 cm³/mol. The third kappa shape index (κ3) is 7.79. The first kappa shape index (κ1) is 22.4. The lowest BCUT2D eigenvalue weighted by molar-refractivity contribution is -0.134. The van der Waals surface area contributed by atoms with Gasteiger partial charge in [-0.2, -0.15) is 0 Å². The van der Waals surface area contributed by atoms with Crippen molar-refractivity contribution in [3.63, 3.8) is 0 Å². The second-order valence-corrected chi connectivity index (χ2v) is 6.64. The van der Waals surface area contributed by atoms with Gasteiger partial charge in [-0.05, 0) is 17.4 Å². The van der Waals surface area contributed by atoms with Crippen LogP contribution in [-0.4, -0.2) is 35.8 Å². The van der Waals surface area contributed by atoms with Crippen LogP contribution >= 0.6 is 12.4 Å². The number of carbonyl (C=O) groups excluding carboxylic acids is 2. The Bertz CT molecular complexity index is 506. The highest BCUT2D eigenvalue weighted by Gasteiger charge is 2.20. The van der Waals surface area contributed by atoms with Crippen molar-refractivity contribution < 1.29 is 9.59 Å². The third-order valence-electron chi connectivity index (χ3n) is 3.59. The van der Waals surface area contributed by atoms with Crippen LogP contribution in [0.15, 0.2) is 30.3 Å². The molecule has 0 aliphatic rings. The molecule has 1 aromatic carbocycles. The van der Waals surface area contributed by atoms with E-state index in [4.69, 9.17) is 5.73 Å². The molecule has 3 N–H and O–H groups in total. The third-order valence-corrected chi connectivity index (χ3v) is 3.59. The minimum atomic E-state index is -0.588. The van der Waals surface area contributed by atoms with Gasteiger partial charge in [-0.15, -0.1) is 12.4 Å². The molecule has 6 heteroatoms. The van der Waals surface area contributed by atoms with Gasteiger partial charge in [-0.1, -0.05) is 58.0 Å². The molecule has 0 aliphatic carbocycles. The van der Waals surface area contributed by atoms with Crippen molar-refractivity contribution in [2.75, 3.05) is 13.1 Å². The van der Waals surface area contributed by atoms with Gasteiger partial charge in [0.2, 0.25) is 11.8 Å². The highest BCUT2D eigenvalue weighted by molar-refractivity contribution is 5.87. The number of carbonyl (C=O) groups is 2. The molecule has 0 radical (unpaired) electrons. The van der Waals surface area contributed by atoms with E-state index in [1.54, 1.807) is 4.90 Å². The zero-order valence-electron chi connectivity index (χ0n) is 15.0. The highest BCUT2D eigenvalue weighted by atomic mass is 35.5. The lowest BCUT2D eigenvalue weighted by Crippen LogP contribution is -2.48. The topological polar surface area (TPSA) is 75.4 Å². The summed E-state index contributed by atoms with van der Waals surface area (Å²) in [6.07, 6.45) is 0. The van der Waals surface area contributed by atoms with Crippen LogP contribution < -0.4 is 11.1 Å². The predicted octanol–water partition coefficient (Wildman–Crippen LogP) is 2.19. The summed E-state index contributed by atoms with van der Waals surface area (Å²) >= 11 is 0. The standard InChI is InChI=1S/C18H29N3O2.ClH/c1-13(2)11-21(12-15-8-6-5-7-9-15)16(22)10-20-18(23)17(19)14(3)4;/h5-9,13-14,17H,10-12,19H2,1-4H3,(H,20,23);1H/t17-;/m0./s1. The molecule has 0 aliphatic heterocycles. The maximum atomic E-state index is 12.5. The van der Waals surface area contributed by atoms with Crippen LogP contribution in [-0.2, 0) is 16.1 Å². The monoisotopic (exact) mass is 355 g/mol. The number of hydrogen-bond donors (Lipinski definition) is 2. The van der Waals surface area contributed by atoms with Gasteiger partial charge in [0, 0.05) is 13.1 Å². The average molecular weight is 356 g/mol. The van der Waals surface area contributed by atoms with E-state index in [2.05, 4.69) is 19.2 Å². The number of hydrogen-bond acceptors (Lipinski definition) is 3. The maximum absolute atomic E-state index is 12.5. The molecule has 0 saturated heterocycles. The lowest BCUT2D eigenvalue weighted by atomic mass is 10.1. The average Bonchev–Trinajstić information content (AvgIpc) is 2.51. The first-order valence-corrected chi connectivity index (χ1v) is 8.16. The van der Waals surface area contributed by atoms with Crippen LogP contribution in [0.1, 0.15) is 33.3 Å². The van der Waals surface area contributed by atoms with E-state index >= 15 is 0 Å². The molecule has 2 amide bonds. The van der Waals surface area contributed by atoms with Gasteiger partial charge in [-0.3, -0.25) is 9.59 Å². The first-order valence-electron chi connectivity index (χ1n) is 8.16. The molecule has 0 fully saturated rings. The number of rotatable bonds is 8. The van der Waals surface area contributed by atoms with Gasteiger partial charge in [-0.25, -0.2) is 0 Å². The highest BCUT2D eigenvalue weighted by Crippen LogP contribution is 2.08. The van der Waals surface area contributed by atoms with Crippen molar-refractivity contribution >= 4 is 24.2 Å². The Morgan fingerprint density at radius 1 is 1.12 bits per heavy atom. The van der Waals surface area contributed by atoms with Gasteiger partial charge >= 0.3 is 0 Å². The molecule has 1 rings (SSSR count). The summed E-state index contributed by atoms with van der Waals surface area (Å²) in [5.74, 6) is 0.0295. The van der Waals surface area contributed by atoms with E-state index in [9.17, 15) is 9.59 Å². The van der Waals surface area contributed by atoms with Gasteiger partial charge in [0.1, 0.15) is 0 Å². The number of nitrogens with zero attached hydrogens (tertiary/aromatic N) is 1. The van der Waals surface area contributed by atoms with E-state index in [1.165, 1.54) is 0 Å². The minimum absolute atomic E-state index is 0. The Kier molecular flexibility index (Phi) is 10.3. The Labute approximate surface area is 151 Å². The molecule has 0 spiro atoms. The SMILES string of the molecule is CC(C)CN(Cc1ccccc1)C(=O)CNC(=O)[C@@H](N)C(C)C.Cl. The fourth-order valence-electron chi connectivity index (χ4n) is 2.19. The van der Waals surface area contributed by atoms with Crippen molar-refractivity contribution in [3.8, 4) is 0 Å². The van der Waals surface area contributed by atoms with Crippen LogP contribution in [0.2, 0.25) is 0 Å². The van der Waals surface area contributed by atoms with Crippen molar-refractivity contribution in [2.24, 2.45) is 17.6 Å². The molecular weight excluding hydrogens is 326 g/mol. The largest absolute Gasteiger partial charge is 0.346 e. The Hall–Kier alpha value is -1.59. The van der Waals surface area contributed by atoms with E-state index in [-0.39, 0.29) is 36.7 Å². The summed E-state index contributed by atoms with van der Waals surface area (Å²) in [5.41, 5.74) is 6.87. The van der Waals surface area contributed by atoms with E-state index < -0.39 is 6.04 Å². The molecule has 0 unspecified atom stereocenters. The summed E-state index contributed by atoms with van der Waals surface area (Å²) in [6, 6.07) is 9.26. The van der Waals surface area contributed by atoms with Crippen molar-refractivity contribution in [3.05, 3.63) is 35.9 Å². The summed E-state index contributed by atoms with van der Waals surface area (Å²) < 4.78 is 0. The van der Waals surface area contributed by atoms with Crippen LogP contribution in [0, 0.1) is 11.8 Å². The van der Waals surface area contributed by atoms with Crippen molar-refractivity contribution in [2.45, 2.75) is 40.3 Å². The van der Waals surface area contributed by atoms with Gasteiger partial charge in [0.25, 0.3) is 0 Å². The molecule has 0 bridgehead atoms. The van der Waals surface area contributed by atoms with Crippen LogP contribution in [0.25, 0.3) is 0 Å². The number of nitrogens with two attached hydrogens (primary N) is 1. The van der Waals surface area contributed by atoms with E-state index in [0.717, 1.165) is 5.56 Å². The molecule has 1 atom stereocenters. The second kappa shape index (κ2) is 11.0. The molecule has 0 aromatic heterocycles. The first-order chi connectivity index (χ1) is 10.8. The van der Waals surface area contributed by atoms with Crippen molar-refractivity contribution in [1.82, 2.24) is 10.2 Å². The molecule has 0 saturated carbocycles. The normalized spacial score (nSPS) is 11.8. The van der Waals surface area contributed by atoms with Crippen LogP contribution in [0.4, 0.5) is 0 Å². The Morgan fingerprint density at radius 3 is 2.21 bits per heavy atom. The van der Waals surface area contributed by atoms with Crippen LogP contribution in [0.5, 0.6) is 0 Å². The molecule has 1 aromatic rings. The van der Waals surface area contributed by atoms with E-state index in [0.29, 0.717) is 19.0 Å². The summed E-state index contributed by atoms with van der Waals surface area (Å²) in [6.45, 7) is 9.08. The smallest absolute Gasteiger partial charge is 0.242 e. The summed E-state index contributed by atoms with van der Waals surface area (Å²) in [4.78, 5) is 26.1. The fourth-order valence-corrected chi connectivity index (χ4v) is 2.19. The Balaban J connectivity index is 0.00000529. The lowest BCUT2D eigenvalue weighted by Gasteiger charge is -2.25. The minimum Gasteiger partial charge on any atom is -0.346 e. The molecular formula is C18H30ClN3O2. The summed E-state index contributed by atoms with van der Waals surface area (Å²) in [7, 11) is 0. The van der Waals surface area contributed by atoms with Crippen molar-refractivity contribution in [1.29, 1.82) is 0 Å². The Morgan fingerprint density at radius 2 is 1.71 bits per heavy atom. The van der Waals surface area contributed by atoms with Gasteiger partial charge < -0.3 is 16.0 Å². The number of amides is 2. The molecule has 24 heavy (non-hydrogen) atoms. The van der Waals surface area contributed by atoms with Crippen LogP contribution in [0.3, 0.4) is 0 Å². The zero-order valence-corrected chi connectivity index (χ0v) is 15.8. The quantitative estimate of drug-likeness (QED) is 0.750.